The molecule has 0 aliphatic carbocycles. The van der Waals surface area contributed by atoms with E-state index >= 15 is 0 Å². The lowest BCUT2D eigenvalue weighted by atomic mass is 10.00. The third kappa shape index (κ3) is 4.41. The van der Waals surface area contributed by atoms with Crippen molar-refractivity contribution in [1.82, 2.24) is 0 Å². The molecule has 11 rings (SSSR count). The fraction of sp³-hybridized carbons (Fsp3) is 0. The highest BCUT2D eigenvalue weighted by atomic mass is 16.3. The average Bonchev–Trinajstić information content (AvgIpc) is 3.90. The van der Waals surface area contributed by atoms with Crippen LogP contribution in [-0.2, 0) is 0 Å². The van der Waals surface area contributed by atoms with E-state index < -0.39 is 0 Å². The Bertz CT molecular complexity index is 3130. The molecule has 0 fully saturated rings. The Kier molecular flexibility index (Phi) is 6.22. The van der Waals surface area contributed by atoms with Gasteiger partial charge in [0.1, 0.15) is 27.9 Å². The number of fused-ring (bicyclic) bond motifs is 9. The second-order valence-corrected chi connectivity index (χ2v) is 13.3. The van der Waals surface area contributed by atoms with Crippen LogP contribution in [0.1, 0.15) is 0 Å². The smallest absolute Gasteiger partial charge is 0.159 e. The molecule has 0 saturated heterocycles. The number of hydrogen-bond acceptors (Lipinski definition) is 4. The second-order valence-electron chi connectivity index (χ2n) is 13.3. The van der Waals surface area contributed by atoms with Crippen molar-refractivity contribution in [2.45, 2.75) is 0 Å². The molecule has 4 heteroatoms. The molecule has 0 unspecified atom stereocenters. The summed E-state index contributed by atoms with van der Waals surface area (Å²) in [6, 6.07) is 61.3. The Hall–Kier alpha value is -7.04. The first-order valence-electron chi connectivity index (χ1n) is 17.5. The van der Waals surface area contributed by atoms with E-state index in [0.717, 1.165) is 105 Å². The Morgan fingerprint density at radius 1 is 0.308 bits per heavy atom. The van der Waals surface area contributed by atoms with Gasteiger partial charge in [0.05, 0.1) is 5.69 Å². The summed E-state index contributed by atoms with van der Waals surface area (Å²) in [4.78, 5) is 2.29. The zero-order valence-corrected chi connectivity index (χ0v) is 27.9. The van der Waals surface area contributed by atoms with E-state index in [-0.39, 0.29) is 0 Å². The minimum atomic E-state index is 0.845. The molecule has 0 bridgehead atoms. The van der Waals surface area contributed by atoms with E-state index in [1.807, 2.05) is 30.3 Å². The molecule has 244 valence electrons. The van der Waals surface area contributed by atoms with E-state index in [1.54, 1.807) is 0 Å². The van der Waals surface area contributed by atoms with E-state index in [1.165, 1.54) is 0 Å². The van der Waals surface area contributed by atoms with Crippen molar-refractivity contribution in [3.63, 3.8) is 0 Å². The van der Waals surface area contributed by atoms with Gasteiger partial charge in [-0.1, -0.05) is 115 Å². The molecular weight excluding hydrogens is 639 g/mol. The van der Waals surface area contributed by atoms with Crippen LogP contribution >= 0.6 is 0 Å². The number of hydrogen-bond donors (Lipinski definition) is 0. The minimum absolute atomic E-state index is 0.845. The highest BCUT2D eigenvalue weighted by molar-refractivity contribution is 6.12. The van der Waals surface area contributed by atoms with Gasteiger partial charge >= 0.3 is 0 Å². The van der Waals surface area contributed by atoms with Crippen LogP contribution in [0.3, 0.4) is 0 Å². The van der Waals surface area contributed by atoms with Crippen molar-refractivity contribution in [3.05, 3.63) is 176 Å². The summed E-state index contributed by atoms with van der Waals surface area (Å²) in [5.41, 5.74) is 12.7. The molecule has 0 aliphatic heterocycles. The molecule has 3 heterocycles. The van der Waals surface area contributed by atoms with Crippen molar-refractivity contribution in [1.29, 1.82) is 0 Å². The summed E-state index contributed by atoms with van der Waals surface area (Å²) in [5, 5.41) is 6.57. The number of nitrogens with zero attached hydrogens (tertiary/aromatic N) is 1. The van der Waals surface area contributed by atoms with Crippen molar-refractivity contribution >= 4 is 82.9 Å². The number of anilines is 3. The van der Waals surface area contributed by atoms with Gasteiger partial charge in [-0.25, -0.2) is 0 Å². The number of benzene rings is 8. The fourth-order valence-electron chi connectivity index (χ4n) is 7.81. The molecule has 4 nitrogen and oxygen atoms in total. The third-order valence-corrected chi connectivity index (χ3v) is 10.3. The number of para-hydroxylation sites is 4. The van der Waals surface area contributed by atoms with Crippen LogP contribution in [0.2, 0.25) is 0 Å². The Labute approximate surface area is 298 Å². The third-order valence-electron chi connectivity index (χ3n) is 10.3. The fourth-order valence-corrected chi connectivity index (χ4v) is 7.81. The first-order chi connectivity index (χ1) is 25.8. The second kappa shape index (κ2) is 11.2. The van der Waals surface area contributed by atoms with Crippen molar-refractivity contribution in [2.75, 3.05) is 4.90 Å². The van der Waals surface area contributed by atoms with Crippen LogP contribution in [0, 0.1) is 0 Å². The van der Waals surface area contributed by atoms with Gasteiger partial charge in [0.25, 0.3) is 0 Å². The molecule has 8 aromatic carbocycles. The monoisotopic (exact) mass is 667 g/mol. The number of rotatable bonds is 5. The summed E-state index contributed by atoms with van der Waals surface area (Å²) in [5.74, 6) is 0. The minimum Gasteiger partial charge on any atom is -0.456 e. The molecule has 52 heavy (non-hydrogen) atoms. The van der Waals surface area contributed by atoms with E-state index in [4.69, 9.17) is 13.3 Å². The summed E-state index contributed by atoms with van der Waals surface area (Å²) < 4.78 is 19.3. The van der Waals surface area contributed by atoms with E-state index in [9.17, 15) is 0 Å². The highest BCUT2D eigenvalue weighted by Crippen LogP contribution is 2.44. The maximum Gasteiger partial charge on any atom is 0.159 e. The lowest BCUT2D eigenvalue weighted by Gasteiger charge is -2.26. The SMILES string of the molecule is c1ccc(-c2cccc3c2oc2ccc(-c4ccc(N(c5ccc6oc7ccccc7c6c5)c5cccc6c5oc5ccccc56)cc4)cc23)cc1. The molecule has 3 aromatic heterocycles. The Morgan fingerprint density at radius 3 is 1.69 bits per heavy atom. The van der Waals surface area contributed by atoms with Crippen LogP contribution in [0.25, 0.3) is 88.1 Å². The first-order valence-corrected chi connectivity index (χ1v) is 17.5. The molecule has 0 spiro atoms. The summed E-state index contributed by atoms with van der Waals surface area (Å²) in [7, 11) is 0. The first kappa shape index (κ1) is 28.8. The highest BCUT2D eigenvalue weighted by Gasteiger charge is 2.21. The zero-order valence-electron chi connectivity index (χ0n) is 27.9. The van der Waals surface area contributed by atoms with Crippen molar-refractivity contribution in [3.8, 4) is 22.3 Å². The standard InChI is InChI=1S/C48H29NO3/c1-2-10-31(11-3-1)35-14-8-15-39-40-28-32(22-26-46(40)51-47(35)39)30-20-23-33(24-21-30)49(34-25-27-45-41(29-34)37-13-5-6-18-43(37)50-45)42-17-9-16-38-36-12-4-7-19-44(36)52-48(38)42/h1-29H. The van der Waals surface area contributed by atoms with Gasteiger partial charge in [-0.2, -0.15) is 0 Å². The van der Waals surface area contributed by atoms with E-state index in [2.05, 4.69) is 150 Å². The van der Waals surface area contributed by atoms with Crippen molar-refractivity contribution in [2.24, 2.45) is 0 Å². The van der Waals surface area contributed by atoms with Crippen LogP contribution in [0.15, 0.2) is 189 Å². The topological polar surface area (TPSA) is 42.7 Å². The zero-order chi connectivity index (χ0) is 34.2. The largest absolute Gasteiger partial charge is 0.456 e. The van der Waals surface area contributed by atoms with Gasteiger partial charge in [0.15, 0.2) is 5.58 Å². The maximum absolute atomic E-state index is 6.58. The quantitative estimate of drug-likeness (QED) is 0.183. The molecule has 0 radical (unpaired) electrons. The van der Waals surface area contributed by atoms with Crippen molar-refractivity contribution < 1.29 is 13.3 Å². The number of furan rings is 3. The molecule has 0 atom stereocenters. The lowest BCUT2D eigenvalue weighted by Crippen LogP contribution is -2.10. The molecule has 11 aromatic rings. The van der Waals surface area contributed by atoms with Gasteiger partial charge < -0.3 is 18.2 Å². The predicted octanol–water partition coefficient (Wildman–Crippen LogP) is 14.2. The predicted molar refractivity (Wildman–Crippen MR) is 214 cm³/mol. The Balaban J connectivity index is 1.06. The summed E-state index contributed by atoms with van der Waals surface area (Å²) in [6.07, 6.45) is 0. The van der Waals surface area contributed by atoms with E-state index in [0.29, 0.717) is 0 Å². The summed E-state index contributed by atoms with van der Waals surface area (Å²) in [6.45, 7) is 0. The van der Waals surface area contributed by atoms with Gasteiger partial charge in [-0.3, -0.25) is 0 Å². The molecule has 0 saturated carbocycles. The van der Waals surface area contributed by atoms with Gasteiger partial charge in [0, 0.05) is 49.3 Å². The molecule has 0 aliphatic rings. The van der Waals surface area contributed by atoms with Gasteiger partial charge in [0.2, 0.25) is 0 Å². The summed E-state index contributed by atoms with van der Waals surface area (Å²) >= 11 is 0. The lowest BCUT2D eigenvalue weighted by molar-refractivity contribution is 0.668. The molecular formula is C48H29NO3. The average molecular weight is 668 g/mol. The molecule has 0 amide bonds. The Morgan fingerprint density at radius 2 is 0.865 bits per heavy atom. The van der Waals surface area contributed by atoms with Gasteiger partial charge in [-0.05, 0) is 77.4 Å². The maximum atomic E-state index is 6.58. The van der Waals surface area contributed by atoms with Crippen LogP contribution < -0.4 is 4.90 Å². The van der Waals surface area contributed by atoms with Crippen LogP contribution in [0.4, 0.5) is 17.1 Å². The van der Waals surface area contributed by atoms with Crippen LogP contribution in [-0.4, -0.2) is 0 Å². The normalized spacial score (nSPS) is 11.8. The molecule has 0 N–H and O–H groups in total. The van der Waals surface area contributed by atoms with Crippen LogP contribution in [0.5, 0.6) is 0 Å². The van der Waals surface area contributed by atoms with Gasteiger partial charge in [-0.15, -0.1) is 0 Å².